The number of aliphatic carboxylic acids is 1. The molecule has 2 N–H and O–H groups in total. The molecule has 5 nitrogen and oxygen atoms in total. The maximum absolute atomic E-state index is 11.9. The third-order valence-corrected chi connectivity index (χ3v) is 4.55. The monoisotopic (exact) mass is 282 g/mol. The maximum Gasteiger partial charge on any atom is 0.306 e. The van der Waals surface area contributed by atoms with Gasteiger partial charge in [0.15, 0.2) is 0 Å². The van der Waals surface area contributed by atoms with Crippen LogP contribution < -0.4 is 5.32 Å². The summed E-state index contributed by atoms with van der Waals surface area (Å²) in [6, 6.07) is 0. The number of carboxylic acid groups (broad SMARTS) is 1. The van der Waals surface area contributed by atoms with Crippen LogP contribution in [0.5, 0.6) is 0 Å². The van der Waals surface area contributed by atoms with E-state index in [2.05, 4.69) is 10.2 Å². The number of carbonyl (C=O) groups excluding carboxylic acids is 1. The largest absolute Gasteiger partial charge is 0.481 e. The minimum Gasteiger partial charge on any atom is -0.481 e. The molecule has 1 aliphatic carbocycles. The van der Waals surface area contributed by atoms with Crippen molar-refractivity contribution in [1.29, 1.82) is 0 Å². The van der Waals surface area contributed by atoms with Crippen LogP contribution in [0, 0.1) is 11.8 Å². The van der Waals surface area contributed by atoms with Crippen molar-refractivity contribution in [2.45, 2.75) is 44.9 Å². The molecule has 1 heterocycles. The van der Waals surface area contributed by atoms with E-state index < -0.39 is 5.97 Å². The van der Waals surface area contributed by atoms with Crippen LogP contribution in [-0.2, 0) is 9.59 Å². The van der Waals surface area contributed by atoms with Crippen LogP contribution in [0.25, 0.3) is 0 Å². The summed E-state index contributed by atoms with van der Waals surface area (Å²) in [7, 11) is 0. The maximum atomic E-state index is 11.9. The number of likely N-dealkylation sites (tertiary alicyclic amines) is 1. The first-order chi connectivity index (χ1) is 9.66. The summed E-state index contributed by atoms with van der Waals surface area (Å²) in [5, 5.41) is 11.9. The highest BCUT2D eigenvalue weighted by atomic mass is 16.4. The van der Waals surface area contributed by atoms with Gasteiger partial charge in [-0.3, -0.25) is 9.59 Å². The Balaban J connectivity index is 1.57. The number of nitrogens with one attached hydrogen (secondary N) is 1. The molecular formula is C15H26N2O3. The number of nitrogens with zero attached hydrogens (tertiary/aromatic N) is 1. The highest BCUT2D eigenvalue weighted by Gasteiger charge is 2.33. The minimum absolute atomic E-state index is 0.0485. The number of piperidine rings is 1. The van der Waals surface area contributed by atoms with Crippen molar-refractivity contribution >= 4 is 11.9 Å². The Morgan fingerprint density at radius 1 is 1.10 bits per heavy atom. The van der Waals surface area contributed by atoms with E-state index in [0.717, 1.165) is 19.4 Å². The van der Waals surface area contributed by atoms with Crippen LogP contribution >= 0.6 is 0 Å². The predicted molar refractivity (Wildman–Crippen MR) is 76.4 cm³/mol. The average molecular weight is 282 g/mol. The van der Waals surface area contributed by atoms with Gasteiger partial charge in [-0.2, -0.15) is 0 Å². The van der Waals surface area contributed by atoms with Gasteiger partial charge in [0.25, 0.3) is 0 Å². The molecule has 1 saturated carbocycles. The Hall–Kier alpha value is -1.10. The number of hydrogen-bond donors (Lipinski definition) is 2. The Labute approximate surface area is 120 Å². The van der Waals surface area contributed by atoms with Gasteiger partial charge in [0, 0.05) is 12.5 Å². The first-order valence-electron chi connectivity index (χ1n) is 7.89. The van der Waals surface area contributed by atoms with Crippen LogP contribution in [-0.4, -0.2) is 48.1 Å². The SMILES string of the molecule is O=C(O)C1CCC(C(=O)NCCCN2CCCCC2)C1. The number of rotatable bonds is 6. The van der Waals surface area contributed by atoms with Crippen LogP contribution in [0.4, 0.5) is 0 Å². The Kier molecular flexibility index (Phi) is 5.83. The fourth-order valence-corrected chi connectivity index (χ4v) is 3.29. The topological polar surface area (TPSA) is 69.6 Å². The van der Waals surface area contributed by atoms with E-state index in [9.17, 15) is 9.59 Å². The van der Waals surface area contributed by atoms with Gasteiger partial charge in [-0.05, 0) is 58.2 Å². The summed E-state index contributed by atoms with van der Waals surface area (Å²) in [6.07, 6.45) is 6.79. The molecule has 20 heavy (non-hydrogen) atoms. The third-order valence-electron chi connectivity index (χ3n) is 4.55. The summed E-state index contributed by atoms with van der Waals surface area (Å²) in [4.78, 5) is 25.3. The van der Waals surface area contributed by atoms with Gasteiger partial charge in [-0.1, -0.05) is 6.42 Å². The molecule has 114 valence electrons. The van der Waals surface area contributed by atoms with E-state index in [4.69, 9.17) is 5.11 Å². The lowest BCUT2D eigenvalue weighted by Crippen LogP contribution is -2.35. The standard InChI is InChI=1S/C15H26N2O3/c18-14(12-5-6-13(11-12)15(19)20)16-7-4-10-17-8-2-1-3-9-17/h12-13H,1-11H2,(H,16,18)(H,19,20). The van der Waals surface area contributed by atoms with Gasteiger partial charge in [0.2, 0.25) is 5.91 Å². The zero-order valence-corrected chi connectivity index (χ0v) is 12.1. The second-order valence-corrected chi connectivity index (χ2v) is 6.09. The molecule has 0 bridgehead atoms. The molecule has 2 aliphatic rings. The van der Waals surface area contributed by atoms with Gasteiger partial charge >= 0.3 is 5.97 Å². The summed E-state index contributed by atoms with van der Waals surface area (Å²) >= 11 is 0. The molecule has 0 radical (unpaired) electrons. The second kappa shape index (κ2) is 7.62. The summed E-state index contributed by atoms with van der Waals surface area (Å²) in [5.74, 6) is -1.12. The van der Waals surface area contributed by atoms with E-state index in [1.807, 2.05) is 0 Å². The summed E-state index contributed by atoms with van der Waals surface area (Å²) < 4.78 is 0. The number of carbonyl (C=O) groups is 2. The number of hydrogen-bond acceptors (Lipinski definition) is 3. The van der Waals surface area contributed by atoms with Crippen molar-refractivity contribution in [3.05, 3.63) is 0 Å². The van der Waals surface area contributed by atoms with E-state index in [0.29, 0.717) is 19.4 Å². The van der Waals surface area contributed by atoms with Crippen LogP contribution in [0.3, 0.4) is 0 Å². The smallest absolute Gasteiger partial charge is 0.306 e. The van der Waals surface area contributed by atoms with Crippen molar-refractivity contribution in [1.82, 2.24) is 10.2 Å². The molecule has 0 spiro atoms. The van der Waals surface area contributed by atoms with Crippen LogP contribution in [0.1, 0.15) is 44.9 Å². The van der Waals surface area contributed by atoms with Gasteiger partial charge in [-0.15, -0.1) is 0 Å². The van der Waals surface area contributed by atoms with E-state index in [1.165, 1.54) is 32.4 Å². The number of amides is 1. The fraction of sp³-hybridized carbons (Fsp3) is 0.867. The molecule has 2 atom stereocenters. The zero-order chi connectivity index (χ0) is 14.4. The highest BCUT2D eigenvalue weighted by Crippen LogP contribution is 2.31. The lowest BCUT2D eigenvalue weighted by atomic mass is 10.0. The first-order valence-corrected chi connectivity index (χ1v) is 7.89. The van der Waals surface area contributed by atoms with Crippen molar-refractivity contribution < 1.29 is 14.7 Å². The molecule has 0 aromatic rings. The van der Waals surface area contributed by atoms with Crippen LogP contribution in [0.15, 0.2) is 0 Å². The first kappa shape index (κ1) is 15.3. The average Bonchev–Trinajstić information content (AvgIpc) is 2.94. The van der Waals surface area contributed by atoms with Gasteiger partial charge in [0.05, 0.1) is 5.92 Å². The van der Waals surface area contributed by atoms with Gasteiger partial charge in [-0.25, -0.2) is 0 Å². The molecule has 2 fully saturated rings. The van der Waals surface area contributed by atoms with E-state index >= 15 is 0 Å². The lowest BCUT2D eigenvalue weighted by molar-refractivity contribution is -0.141. The van der Waals surface area contributed by atoms with Gasteiger partial charge in [0.1, 0.15) is 0 Å². The Morgan fingerprint density at radius 3 is 2.45 bits per heavy atom. The summed E-state index contributed by atoms with van der Waals surface area (Å²) in [5.41, 5.74) is 0. The molecule has 1 aliphatic heterocycles. The molecule has 0 aromatic carbocycles. The number of carboxylic acids is 1. The van der Waals surface area contributed by atoms with Crippen molar-refractivity contribution in [2.24, 2.45) is 11.8 Å². The summed E-state index contributed by atoms with van der Waals surface area (Å²) in [6.45, 7) is 4.15. The zero-order valence-electron chi connectivity index (χ0n) is 12.1. The predicted octanol–water partition coefficient (Wildman–Crippen LogP) is 1.48. The van der Waals surface area contributed by atoms with Crippen molar-refractivity contribution in [2.75, 3.05) is 26.2 Å². The van der Waals surface area contributed by atoms with Crippen LogP contribution in [0.2, 0.25) is 0 Å². The van der Waals surface area contributed by atoms with Gasteiger partial charge < -0.3 is 15.3 Å². The molecule has 5 heteroatoms. The van der Waals surface area contributed by atoms with E-state index in [-0.39, 0.29) is 17.7 Å². The van der Waals surface area contributed by atoms with E-state index in [1.54, 1.807) is 0 Å². The Bertz CT molecular complexity index is 340. The lowest BCUT2D eigenvalue weighted by Gasteiger charge is -2.26. The normalized spacial score (nSPS) is 27.4. The molecule has 1 saturated heterocycles. The fourth-order valence-electron chi connectivity index (χ4n) is 3.29. The molecule has 2 rings (SSSR count). The molecular weight excluding hydrogens is 256 g/mol. The minimum atomic E-state index is -0.759. The van der Waals surface area contributed by atoms with Crippen molar-refractivity contribution in [3.8, 4) is 0 Å². The quantitative estimate of drug-likeness (QED) is 0.724. The third kappa shape index (κ3) is 4.47. The molecule has 1 amide bonds. The molecule has 2 unspecified atom stereocenters. The second-order valence-electron chi connectivity index (χ2n) is 6.09. The Morgan fingerprint density at radius 2 is 1.80 bits per heavy atom. The van der Waals surface area contributed by atoms with Crippen molar-refractivity contribution in [3.63, 3.8) is 0 Å². The molecule has 0 aromatic heterocycles. The highest BCUT2D eigenvalue weighted by molar-refractivity contribution is 5.80.